The maximum absolute atomic E-state index is 13.1. The molecular weight excluding hydrogens is 380 g/mol. The van der Waals surface area contributed by atoms with Crippen molar-refractivity contribution in [3.63, 3.8) is 0 Å². The smallest absolute Gasteiger partial charge is 0.258 e. The Morgan fingerprint density at radius 1 is 0.815 bits per heavy atom. The molecule has 5 nitrogen and oxygen atoms in total. The maximum Gasteiger partial charge on any atom is 0.258 e. The van der Waals surface area contributed by atoms with Crippen molar-refractivity contribution in [2.75, 3.05) is 12.5 Å². The fourth-order valence-electron chi connectivity index (χ4n) is 3.17. The number of rotatable bonds is 6. The second-order valence-electron chi connectivity index (χ2n) is 6.44. The molecule has 0 saturated carbocycles. The van der Waals surface area contributed by atoms with Gasteiger partial charge in [0, 0.05) is 12.8 Å². The number of nitrogens with one attached hydrogen (secondary N) is 2. The Bertz CT molecular complexity index is 846. The first-order valence-corrected chi connectivity index (χ1v) is 11.0. The highest BCUT2D eigenvalue weighted by atomic mass is 32.2. The second kappa shape index (κ2) is 7.86. The SMILES string of the molecule is CSC1(Cc2ccccc2)NC(=O)C(Cc2ccccc2O)(SC)NC1=O. The predicted molar refractivity (Wildman–Crippen MR) is 111 cm³/mol. The van der Waals surface area contributed by atoms with Crippen LogP contribution in [-0.4, -0.2) is 39.2 Å². The van der Waals surface area contributed by atoms with Crippen molar-refractivity contribution in [3.05, 3.63) is 65.7 Å². The molecule has 1 aliphatic rings. The standard InChI is InChI=1S/C20H22N2O3S2/c1-26-19(12-14-8-4-3-5-9-14)17(24)22-20(27-2,18(25)21-19)13-15-10-6-7-11-16(15)23/h3-11,23H,12-13H2,1-2H3,(H,21,25)(H,22,24). The molecular formula is C20H22N2O3S2. The van der Waals surface area contributed by atoms with Gasteiger partial charge in [0.25, 0.3) is 11.8 Å². The number of phenolic OH excluding ortho intramolecular Hbond substituents is 1. The van der Waals surface area contributed by atoms with Crippen molar-refractivity contribution in [1.29, 1.82) is 0 Å². The third kappa shape index (κ3) is 3.80. The lowest BCUT2D eigenvalue weighted by molar-refractivity contribution is -0.139. The number of benzene rings is 2. The average molecular weight is 403 g/mol. The molecule has 0 spiro atoms. The Kier molecular flexibility index (Phi) is 5.72. The molecule has 0 radical (unpaired) electrons. The van der Waals surface area contributed by atoms with Crippen molar-refractivity contribution in [1.82, 2.24) is 10.6 Å². The van der Waals surface area contributed by atoms with Gasteiger partial charge in [-0.25, -0.2) is 0 Å². The van der Waals surface area contributed by atoms with E-state index in [1.165, 1.54) is 23.5 Å². The fourth-order valence-corrected chi connectivity index (χ4v) is 4.65. The fraction of sp³-hybridized carbons (Fsp3) is 0.300. The number of hydrogen-bond acceptors (Lipinski definition) is 5. The van der Waals surface area contributed by atoms with E-state index in [9.17, 15) is 14.7 Å². The minimum absolute atomic E-state index is 0.110. The van der Waals surface area contributed by atoms with Gasteiger partial charge in [-0.2, -0.15) is 0 Å². The zero-order valence-corrected chi connectivity index (χ0v) is 16.8. The van der Waals surface area contributed by atoms with Gasteiger partial charge in [0.1, 0.15) is 5.75 Å². The molecule has 2 aromatic carbocycles. The van der Waals surface area contributed by atoms with E-state index in [-0.39, 0.29) is 24.0 Å². The molecule has 2 unspecified atom stereocenters. The molecule has 0 bridgehead atoms. The number of carbonyl (C=O) groups is 2. The van der Waals surface area contributed by atoms with Gasteiger partial charge in [-0.1, -0.05) is 48.5 Å². The number of phenols is 1. The minimum atomic E-state index is -1.16. The first-order valence-electron chi connectivity index (χ1n) is 8.51. The minimum Gasteiger partial charge on any atom is -0.508 e. The molecule has 142 valence electrons. The number of hydrogen-bond donors (Lipinski definition) is 3. The van der Waals surface area contributed by atoms with Crippen molar-refractivity contribution in [3.8, 4) is 5.75 Å². The highest BCUT2D eigenvalue weighted by Crippen LogP contribution is 2.36. The van der Waals surface area contributed by atoms with Gasteiger partial charge in [-0.3, -0.25) is 9.59 Å². The molecule has 3 N–H and O–H groups in total. The molecule has 1 aliphatic heterocycles. The largest absolute Gasteiger partial charge is 0.508 e. The van der Waals surface area contributed by atoms with Gasteiger partial charge in [-0.05, 0) is 29.7 Å². The molecule has 2 aromatic rings. The molecule has 27 heavy (non-hydrogen) atoms. The van der Waals surface area contributed by atoms with Crippen LogP contribution < -0.4 is 10.6 Å². The lowest BCUT2D eigenvalue weighted by Crippen LogP contribution is -2.73. The summed E-state index contributed by atoms with van der Waals surface area (Å²) < 4.78 is 0. The Hall–Kier alpha value is -2.12. The third-order valence-electron chi connectivity index (χ3n) is 4.79. The molecule has 7 heteroatoms. The van der Waals surface area contributed by atoms with Crippen LogP contribution in [0.2, 0.25) is 0 Å². The van der Waals surface area contributed by atoms with Crippen molar-refractivity contribution >= 4 is 35.3 Å². The van der Waals surface area contributed by atoms with Crippen LogP contribution in [0.4, 0.5) is 0 Å². The van der Waals surface area contributed by atoms with Crippen molar-refractivity contribution in [2.24, 2.45) is 0 Å². The number of aromatic hydroxyl groups is 1. The average Bonchev–Trinajstić information content (AvgIpc) is 2.68. The van der Waals surface area contributed by atoms with E-state index in [1.54, 1.807) is 30.5 Å². The van der Waals surface area contributed by atoms with E-state index < -0.39 is 9.74 Å². The first kappa shape index (κ1) is 19.6. The van der Waals surface area contributed by atoms with E-state index in [4.69, 9.17) is 0 Å². The zero-order chi connectivity index (χ0) is 19.5. The number of amides is 2. The third-order valence-corrected chi connectivity index (χ3v) is 7.05. The molecule has 2 amide bonds. The molecule has 1 fully saturated rings. The molecule has 2 atom stereocenters. The number of piperazine rings is 1. The van der Waals surface area contributed by atoms with Crippen molar-refractivity contribution < 1.29 is 14.7 Å². The highest BCUT2D eigenvalue weighted by Gasteiger charge is 2.53. The number of carbonyl (C=O) groups excluding carboxylic acids is 2. The second-order valence-corrected chi connectivity index (χ2v) is 8.65. The van der Waals surface area contributed by atoms with Crippen LogP contribution in [-0.2, 0) is 22.4 Å². The maximum atomic E-state index is 13.1. The Morgan fingerprint density at radius 2 is 1.33 bits per heavy atom. The summed E-state index contributed by atoms with van der Waals surface area (Å²) in [5.41, 5.74) is 1.58. The summed E-state index contributed by atoms with van der Waals surface area (Å²) in [7, 11) is 0. The lowest BCUT2D eigenvalue weighted by Gasteiger charge is -2.44. The summed E-state index contributed by atoms with van der Waals surface area (Å²) in [6.07, 6.45) is 4.20. The number of thioether (sulfide) groups is 2. The summed E-state index contributed by atoms with van der Waals surface area (Å²) in [4.78, 5) is 24.0. The summed E-state index contributed by atoms with van der Waals surface area (Å²) in [6, 6.07) is 16.5. The predicted octanol–water partition coefficient (Wildman–Crippen LogP) is 2.54. The van der Waals surface area contributed by atoms with Gasteiger partial charge in [0.15, 0.2) is 9.74 Å². The topological polar surface area (TPSA) is 78.4 Å². The normalized spacial score (nSPS) is 25.0. The monoisotopic (exact) mass is 402 g/mol. The Morgan fingerprint density at radius 3 is 1.89 bits per heavy atom. The molecule has 0 aliphatic carbocycles. The first-order chi connectivity index (χ1) is 12.9. The van der Waals surface area contributed by atoms with Gasteiger partial charge in [0.05, 0.1) is 0 Å². The van der Waals surface area contributed by atoms with E-state index in [2.05, 4.69) is 10.6 Å². The summed E-state index contributed by atoms with van der Waals surface area (Å²) in [5.74, 6) is -0.384. The Labute approximate surface area is 167 Å². The lowest BCUT2D eigenvalue weighted by atomic mass is 9.97. The molecule has 3 rings (SSSR count). The van der Waals surface area contributed by atoms with E-state index in [0.29, 0.717) is 12.0 Å². The summed E-state index contributed by atoms with van der Waals surface area (Å²) in [5, 5.41) is 16.0. The number of para-hydroxylation sites is 1. The zero-order valence-electron chi connectivity index (χ0n) is 15.2. The van der Waals surface area contributed by atoms with Gasteiger partial charge in [0.2, 0.25) is 0 Å². The van der Waals surface area contributed by atoms with Crippen LogP contribution in [0.15, 0.2) is 54.6 Å². The van der Waals surface area contributed by atoms with Crippen LogP contribution in [0.5, 0.6) is 5.75 Å². The van der Waals surface area contributed by atoms with Gasteiger partial charge in [-0.15, -0.1) is 23.5 Å². The molecule has 1 heterocycles. The van der Waals surface area contributed by atoms with Crippen LogP contribution in [0.1, 0.15) is 11.1 Å². The summed E-state index contributed by atoms with van der Waals surface area (Å²) in [6.45, 7) is 0. The van der Waals surface area contributed by atoms with Crippen LogP contribution in [0, 0.1) is 0 Å². The molecule has 1 saturated heterocycles. The van der Waals surface area contributed by atoms with E-state index in [1.807, 2.05) is 36.6 Å². The van der Waals surface area contributed by atoms with Gasteiger partial charge >= 0.3 is 0 Å². The van der Waals surface area contributed by atoms with E-state index in [0.717, 1.165) is 5.56 Å². The van der Waals surface area contributed by atoms with Crippen LogP contribution >= 0.6 is 23.5 Å². The quantitative estimate of drug-likeness (QED) is 0.692. The summed E-state index contributed by atoms with van der Waals surface area (Å²) >= 11 is 2.58. The van der Waals surface area contributed by atoms with E-state index >= 15 is 0 Å². The van der Waals surface area contributed by atoms with Crippen LogP contribution in [0.25, 0.3) is 0 Å². The molecule has 0 aromatic heterocycles. The highest BCUT2D eigenvalue weighted by molar-refractivity contribution is 8.01. The van der Waals surface area contributed by atoms with Crippen LogP contribution in [0.3, 0.4) is 0 Å². The Balaban J connectivity index is 1.89. The van der Waals surface area contributed by atoms with Gasteiger partial charge < -0.3 is 15.7 Å². The van der Waals surface area contributed by atoms with Crippen molar-refractivity contribution in [2.45, 2.75) is 22.6 Å².